The lowest BCUT2D eigenvalue weighted by Gasteiger charge is -2.53. The molecule has 0 aliphatic heterocycles. The predicted octanol–water partition coefficient (Wildman–Crippen LogP) is 3.52. The van der Waals surface area contributed by atoms with E-state index in [0.29, 0.717) is 5.92 Å². The largest absolute Gasteiger partial charge is 0.369 e. The second-order valence-electron chi connectivity index (χ2n) is 7.76. The molecule has 20 heavy (non-hydrogen) atoms. The van der Waals surface area contributed by atoms with Gasteiger partial charge in [0.25, 0.3) is 0 Å². The van der Waals surface area contributed by atoms with Crippen LogP contribution in [0.3, 0.4) is 0 Å². The van der Waals surface area contributed by atoms with Crippen LogP contribution in [0, 0.1) is 41.4 Å². The molecule has 3 fully saturated rings. The lowest BCUT2D eigenvalue weighted by Crippen LogP contribution is -2.49. The van der Waals surface area contributed by atoms with Crippen molar-refractivity contribution in [1.29, 1.82) is 0 Å². The van der Waals surface area contributed by atoms with Gasteiger partial charge in [-0.15, -0.1) is 0 Å². The Labute approximate surface area is 122 Å². The van der Waals surface area contributed by atoms with Crippen LogP contribution in [-0.4, -0.2) is 5.91 Å². The van der Waals surface area contributed by atoms with E-state index in [1.54, 1.807) is 0 Å². The number of hydrogen-bond donors (Lipinski definition) is 1. The highest BCUT2D eigenvalue weighted by Crippen LogP contribution is 2.57. The van der Waals surface area contributed by atoms with Gasteiger partial charge in [-0.3, -0.25) is 4.79 Å². The molecule has 0 aromatic heterocycles. The van der Waals surface area contributed by atoms with Crippen molar-refractivity contribution in [3.63, 3.8) is 0 Å². The van der Waals surface area contributed by atoms with Crippen LogP contribution in [0.25, 0.3) is 0 Å². The molecule has 0 aromatic carbocycles. The lowest BCUT2D eigenvalue weighted by molar-refractivity contribution is -0.129. The van der Waals surface area contributed by atoms with Crippen molar-refractivity contribution in [2.75, 3.05) is 0 Å². The van der Waals surface area contributed by atoms with E-state index in [2.05, 4.69) is 12.2 Å². The van der Waals surface area contributed by atoms with Crippen LogP contribution in [-0.2, 0) is 4.79 Å². The molecule has 2 nitrogen and oxygen atoms in total. The molecule has 4 aliphatic rings. The molecule has 4 rings (SSSR count). The molecule has 0 heterocycles. The van der Waals surface area contributed by atoms with Crippen LogP contribution in [0.5, 0.6) is 0 Å². The zero-order valence-corrected chi connectivity index (χ0v) is 12.3. The Bertz CT molecular complexity index is 429. The summed E-state index contributed by atoms with van der Waals surface area (Å²) in [7, 11) is 0. The summed E-state index contributed by atoms with van der Waals surface area (Å²) in [4.78, 5) is 11.9. The maximum absolute atomic E-state index is 11.9. The number of allylic oxidation sites excluding steroid dienone is 2. The van der Waals surface area contributed by atoms with Gasteiger partial charge in [0, 0.05) is 5.92 Å². The van der Waals surface area contributed by atoms with Crippen molar-refractivity contribution in [2.24, 2.45) is 47.2 Å². The summed E-state index contributed by atoms with van der Waals surface area (Å²) in [6, 6.07) is 0. The van der Waals surface area contributed by atoms with Crippen molar-refractivity contribution in [2.45, 2.75) is 51.4 Å². The molecule has 0 radical (unpaired) electrons. The minimum atomic E-state index is -0.0390. The fraction of sp³-hybridized carbons (Fsp3) is 0.833. The van der Waals surface area contributed by atoms with Crippen molar-refractivity contribution in [3.05, 3.63) is 12.2 Å². The van der Waals surface area contributed by atoms with E-state index in [-0.39, 0.29) is 11.8 Å². The van der Waals surface area contributed by atoms with Gasteiger partial charge in [0.2, 0.25) is 5.91 Å². The fourth-order valence-corrected chi connectivity index (χ4v) is 6.32. The number of amides is 1. The van der Waals surface area contributed by atoms with Crippen molar-refractivity contribution in [1.82, 2.24) is 0 Å². The van der Waals surface area contributed by atoms with Gasteiger partial charge in [-0.05, 0) is 67.6 Å². The molecule has 0 saturated heterocycles. The van der Waals surface area contributed by atoms with Gasteiger partial charge >= 0.3 is 0 Å². The first-order valence-corrected chi connectivity index (χ1v) is 8.71. The monoisotopic (exact) mass is 273 g/mol. The molecular weight excluding hydrogens is 246 g/mol. The lowest BCUT2D eigenvalue weighted by atomic mass is 9.51. The van der Waals surface area contributed by atoms with E-state index in [1.807, 2.05) is 0 Å². The van der Waals surface area contributed by atoms with E-state index in [0.717, 1.165) is 36.0 Å². The zero-order valence-electron chi connectivity index (χ0n) is 12.3. The Hall–Kier alpha value is -0.790. The summed E-state index contributed by atoms with van der Waals surface area (Å²) in [6.07, 6.45) is 15.5. The standard InChI is InChI=1S/C18H27NO/c19-18(20)17-10-16-12-5-2-1-4-11(12)8-9-15(16)13-6-3-7-14(13)17/h3,7,11-17H,1-2,4-6,8-10H2,(H2,19,20). The van der Waals surface area contributed by atoms with Crippen molar-refractivity contribution >= 4 is 5.91 Å². The van der Waals surface area contributed by atoms with Gasteiger partial charge < -0.3 is 5.73 Å². The maximum atomic E-state index is 11.9. The summed E-state index contributed by atoms with van der Waals surface area (Å²) in [5.41, 5.74) is 5.74. The minimum absolute atomic E-state index is 0.0390. The van der Waals surface area contributed by atoms with Gasteiger partial charge in [-0.1, -0.05) is 31.4 Å². The van der Waals surface area contributed by atoms with Crippen LogP contribution in [0.2, 0.25) is 0 Å². The predicted molar refractivity (Wildman–Crippen MR) is 79.7 cm³/mol. The molecular formula is C18H27NO. The van der Waals surface area contributed by atoms with E-state index in [9.17, 15) is 4.79 Å². The summed E-state index contributed by atoms with van der Waals surface area (Å²) in [5.74, 6) is 4.83. The molecule has 4 aliphatic carbocycles. The Balaban J connectivity index is 1.62. The minimum Gasteiger partial charge on any atom is -0.369 e. The third-order valence-electron chi connectivity index (χ3n) is 7.11. The molecule has 2 heteroatoms. The molecule has 1 amide bonds. The maximum Gasteiger partial charge on any atom is 0.221 e. The molecule has 0 aromatic rings. The summed E-state index contributed by atoms with van der Waals surface area (Å²) < 4.78 is 0. The normalized spacial score (nSPS) is 50.1. The summed E-state index contributed by atoms with van der Waals surface area (Å²) in [6.45, 7) is 0. The number of nitrogens with two attached hydrogens (primary N) is 1. The number of carbonyl (C=O) groups excluding carboxylic acids is 1. The van der Waals surface area contributed by atoms with Crippen LogP contribution in [0.15, 0.2) is 12.2 Å². The highest BCUT2D eigenvalue weighted by molar-refractivity contribution is 5.77. The van der Waals surface area contributed by atoms with Gasteiger partial charge in [-0.25, -0.2) is 0 Å². The first-order valence-electron chi connectivity index (χ1n) is 8.71. The van der Waals surface area contributed by atoms with Crippen LogP contribution >= 0.6 is 0 Å². The molecule has 3 saturated carbocycles. The highest BCUT2D eigenvalue weighted by Gasteiger charge is 2.51. The Morgan fingerprint density at radius 2 is 1.80 bits per heavy atom. The third-order valence-corrected chi connectivity index (χ3v) is 7.11. The Kier molecular flexibility index (Phi) is 3.16. The van der Waals surface area contributed by atoms with E-state index in [1.165, 1.54) is 44.9 Å². The summed E-state index contributed by atoms with van der Waals surface area (Å²) >= 11 is 0. The van der Waals surface area contributed by atoms with Gasteiger partial charge in [0.1, 0.15) is 0 Å². The zero-order chi connectivity index (χ0) is 13.7. The highest BCUT2D eigenvalue weighted by atomic mass is 16.1. The van der Waals surface area contributed by atoms with Crippen LogP contribution in [0.4, 0.5) is 0 Å². The van der Waals surface area contributed by atoms with Crippen LogP contribution < -0.4 is 5.73 Å². The van der Waals surface area contributed by atoms with Crippen molar-refractivity contribution < 1.29 is 4.79 Å². The van der Waals surface area contributed by atoms with Gasteiger partial charge in [0.05, 0.1) is 0 Å². The topological polar surface area (TPSA) is 43.1 Å². The number of carbonyl (C=O) groups is 1. The van der Waals surface area contributed by atoms with Gasteiger partial charge in [0.15, 0.2) is 0 Å². The quantitative estimate of drug-likeness (QED) is 0.730. The fourth-order valence-electron chi connectivity index (χ4n) is 6.32. The van der Waals surface area contributed by atoms with E-state index in [4.69, 9.17) is 5.73 Å². The summed E-state index contributed by atoms with van der Waals surface area (Å²) in [5, 5.41) is 0. The number of primary amides is 1. The SMILES string of the molecule is NC(=O)C1CC2C3CCCCC3CCC2C2CC=CC12. The molecule has 7 atom stereocenters. The van der Waals surface area contributed by atoms with E-state index < -0.39 is 0 Å². The Morgan fingerprint density at radius 1 is 0.950 bits per heavy atom. The second-order valence-corrected chi connectivity index (χ2v) is 7.76. The number of hydrogen-bond acceptors (Lipinski definition) is 1. The van der Waals surface area contributed by atoms with E-state index >= 15 is 0 Å². The molecule has 2 N–H and O–H groups in total. The number of rotatable bonds is 1. The van der Waals surface area contributed by atoms with Crippen LogP contribution in [0.1, 0.15) is 51.4 Å². The van der Waals surface area contributed by atoms with Crippen molar-refractivity contribution in [3.8, 4) is 0 Å². The molecule has 7 unspecified atom stereocenters. The Morgan fingerprint density at radius 3 is 2.65 bits per heavy atom. The first kappa shape index (κ1) is 12.9. The average molecular weight is 273 g/mol. The van der Waals surface area contributed by atoms with Gasteiger partial charge in [-0.2, -0.15) is 0 Å². The average Bonchev–Trinajstić information content (AvgIpc) is 2.95. The molecule has 110 valence electrons. The first-order chi connectivity index (χ1) is 9.75. The number of fused-ring (bicyclic) bond motifs is 5. The third kappa shape index (κ3) is 1.87. The molecule has 0 spiro atoms. The smallest absolute Gasteiger partial charge is 0.221 e. The molecule has 0 bridgehead atoms. The second kappa shape index (κ2) is 4.89.